The number of aldehydes is 1. The number of carbonyl (C=O) groups is 1. The van der Waals surface area contributed by atoms with Crippen LogP contribution >= 0.6 is 0 Å². The van der Waals surface area contributed by atoms with Gasteiger partial charge in [0.05, 0.1) is 13.7 Å². The average molecular weight is 250 g/mol. The molecule has 0 radical (unpaired) electrons. The summed E-state index contributed by atoms with van der Waals surface area (Å²) in [5.74, 6) is 0.869. The molecule has 0 heterocycles. The van der Waals surface area contributed by atoms with Gasteiger partial charge in [0.25, 0.3) is 0 Å². The summed E-state index contributed by atoms with van der Waals surface area (Å²) in [7, 11) is 1.66. The van der Waals surface area contributed by atoms with Crippen LogP contribution in [0.3, 0.4) is 0 Å². The van der Waals surface area contributed by atoms with Crippen molar-refractivity contribution in [3.05, 3.63) is 29.8 Å². The quantitative estimate of drug-likeness (QED) is 0.472. The van der Waals surface area contributed by atoms with Gasteiger partial charge < -0.3 is 14.3 Å². The second kappa shape index (κ2) is 9.66. The molecule has 0 spiro atoms. The van der Waals surface area contributed by atoms with Crippen LogP contribution in [0, 0.1) is 0 Å². The topological polar surface area (TPSA) is 35.5 Å². The monoisotopic (exact) mass is 250 g/mol. The highest BCUT2D eigenvalue weighted by Gasteiger charge is 1.95. The first-order chi connectivity index (χ1) is 8.86. The second-order valence-corrected chi connectivity index (χ2v) is 4.27. The van der Waals surface area contributed by atoms with Crippen LogP contribution in [0.4, 0.5) is 0 Å². The highest BCUT2D eigenvalue weighted by Crippen LogP contribution is 2.12. The molecule has 100 valence electrons. The lowest BCUT2D eigenvalue weighted by Crippen LogP contribution is -1.96. The predicted molar refractivity (Wildman–Crippen MR) is 71.8 cm³/mol. The lowest BCUT2D eigenvalue weighted by Gasteiger charge is -2.05. The molecule has 0 N–H and O–H groups in total. The Labute approximate surface area is 109 Å². The fourth-order valence-electron chi connectivity index (χ4n) is 1.70. The Morgan fingerprint density at radius 2 is 1.78 bits per heavy atom. The normalized spacial score (nSPS) is 10.3. The Morgan fingerprint density at radius 3 is 2.44 bits per heavy atom. The molecule has 1 aromatic rings. The number of hydrogen-bond acceptors (Lipinski definition) is 3. The van der Waals surface area contributed by atoms with Crippen molar-refractivity contribution < 1.29 is 14.3 Å². The van der Waals surface area contributed by atoms with Gasteiger partial charge in [0, 0.05) is 13.0 Å². The number of carbonyl (C=O) groups excluding carboxylic acids is 1. The summed E-state index contributed by atoms with van der Waals surface area (Å²) in [6.07, 6.45) is 5.99. The molecule has 0 aliphatic rings. The van der Waals surface area contributed by atoms with E-state index in [4.69, 9.17) is 9.47 Å². The molecule has 0 atom stereocenters. The van der Waals surface area contributed by atoms with E-state index in [1.165, 1.54) is 0 Å². The Kier molecular flexibility index (Phi) is 7.89. The SMILES string of the molecule is COc1ccc(COCCCCCCC=O)cc1. The fourth-order valence-corrected chi connectivity index (χ4v) is 1.70. The summed E-state index contributed by atoms with van der Waals surface area (Å²) < 4.78 is 10.7. The van der Waals surface area contributed by atoms with E-state index < -0.39 is 0 Å². The van der Waals surface area contributed by atoms with E-state index in [9.17, 15) is 4.79 Å². The van der Waals surface area contributed by atoms with Gasteiger partial charge in [0.2, 0.25) is 0 Å². The first-order valence-corrected chi connectivity index (χ1v) is 6.51. The predicted octanol–water partition coefficient (Wildman–Crippen LogP) is 3.36. The van der Waals surface area contributed by atoms with Gasteiger partial charge in [-0.05, 0) is 30.5 Å². The molecule has 0 saturated carbocycles. The van der Waals surface area contributed by atoms with E-state index in [0.717, 1.165) is 49.9 Å². The molecular weight excluding hydrogens is 228 g/mol. The zero-order chi connectivity index (χ0) is 13.1. The third-order valence-electron chi connectivity index (χ3n) is 2.79. The molecule has 0 saturated heterocycles. The summed E-state index contributed by atoms with van der Waals surface area (Å²) in [4.78, 5) is 10.1. The van der Waals surface area contributed by atoms with Crippen molar-refractivity contribution >= 4 is 6.29 Å². The summed E-state index contributed by atoms with van der Waals surface area (Å²) in [6.45, 7) is 1.44. The minimum absolute atomic E-state index is 0.651. The van der Waals surface area contributed by atoms with Gasteiger partial charge in [-0.3, -0.25) is 0 Å². The zero-order valence-electron chi connectivity index (χ0n) is 11.1. The Hall–Kier alpha value is -1.35. The van der Waals surface area contributed by atoms with Gasteiger partial charge in [-0.15, -0.1) is 0 Å². The molecule has 0 aliphatic heterocycles. The lowest BCUT2D eigenvalue weighted by atomic mass is 10.2. The second-order valence-electron chi connectivity index (χ2n) is 4.27. The molecule has 0 amide bonds. The van der Waals surface area contributed by atoms with E-state index in [-0.39, 0.29) is 0 Å². The molecule has 3 heteroatoms. The van der Waals surface area contributed by atoms with Crippen LogP contribution in [0.1, 0.15) is 37.7 Å². The van der Waals surface area contributed by atoms with Gasteiger partial charge >= 0.3 is 0 Å². The summed E-state index contributed by atoms with van der Waals surface area (Å²) in [5, 5.41) is 0. The molecule has 0 bridgehead atoms. The van der Waals surface area contributed by atoms with Crippen molar-refractivity contribution in [2.45, 2.75) is 38.7 Å². The number of ether oxygens (including phenoxy) is 2. The van der Waals surface area contributed by atoms with Crippen molar-refractivity contribution in [2.24, 2.45) is 0 Å². The molecule has 0 aromatic heterocycles. The molecule has 0 aliphatic carbocycles. The third-order valence-corrected chi connectivity index (χ3v) is 2.79. The van der Waals surface area contributed by atoms with Gasteiger partial charge in [-0.25, -0.2) is 0 Å². The minimum atomic E-state index is 0.651. The lowest BCUT2D eigenvalue weighted by molar-refractivity contribution is -0.107. The number of benzene rings is 1. The Morgan fingerprint density at radius 1 is 1.06 bits per heavy atom. The van der Waals surface area contributed by atoms with Crippen LogP contribution in [0.15, 0.2) is 24.3 Å². The van der Waals surface area contributed by atoms with Crippen LogP contribution < -0.4 is 4.74 Å². The van der Waals surface area contributed by atoms with E-state index in [1.807, 2.05) is 24.3 Å². The maximum atomic E-state index is 10.1. The van der Waals surface area contributed by atoms with Gasteiger partial charge in [0.1, 0.15) is 12.0 Å². The first-order valence-electron chi connectivity index (χ1n) is 6.51. The van der Waals surface area contributed by atoms with Crippen molar-refractivity contribution in [3.8, 4) is 5.75 Å². The van der Waals surface area contributed by atoms with Gasteiger partial charge in [-0.1, -0.05) is 25.0 Å². The summed E-state index contributed by atoms with van der Waals surface area (Å²) in [6, 6.07) is 7.92. The van der Waals surface area contributed by atoms with E-state index in [2.05, 4.69) is 0 Å². The molecule has 3 nitrogen and oxygen atoms in total. The smallest absolute Gasteiger partial charge is 0.119 e. The largest absolute Gasteiger partial charge is 0.497 e. The van der Waals surface area contributed by atoms with Crippen LogP contribution in [-0.4, -0.2) is 20.0 Å². The van der Waals surface area contributed by atoms with Crippen molar-refractivity contribution in [1.82, 2.24) is 0 Å². The van der Waals surface area contributed by atoms with Gasteiger partial charge in [0.15, 0.2) is 0 Å². The van der Waals surface area contributed by atoms with Crippen molar-refractivity contribution in [3.63, 3.8) is 0 Å². The van der Waals surface area contributed by atoms with Crippen LogP contribution in [0.2, 0.25) is 0 Å². The molecule has 1 aromatic carbocycles. The molecular formula is C15H22O3. The maximum absolute atomic E-state index is 10.1. The third kappa shape index (κ3) is 6.40. The highest BCUT2D eigenvalue weighted by molar-refractivity contribution is 5.48. The molecule has 0 fully saturated rings. The van der Waals surface area contributed by atoms with E-state index in [0.29, 0.717) is 13.0 Å². The highest BCUT2D eigenvalue weighted by atomic mass is 16.5. The van der Waals surface area contributed by atoms with E-state index in [1.54, 1.807) is 7.11 Å². The van der Waals surface area contributed by atoms with Crippen molar-refractivity contribution in [1.29, 1.82) is 0 Å². The maximum Gasteiger partial charge on any atom is 0.119 e. The van der Waals surface area contributed by atoms with Crippen LogP contribution in [0.25, 0.3) is 0 Å². The Bertz CT molecular complexity index is 319. The van der Waals surface area contributed by atoms with Crippen LogP contribution in [-0.2, 0) is 16.1 Å². The molecule has 1 rings (SSSR count). The fraction of sp³-hybridized carbons (Fsp3) is 0.533. The number of methoxy groups -OCH3 is 1. The molecule has 0 unspecified atom stereocenters. The van der Waals surface area contributed by atoms with Gasteiger partial charge in [-0.2, -0.15) is 0 Å². The van der Waals surface area contributed by atoms with E-state index >= 15 is 0 Å². The number of rotatable bonds is 10. The molecule has 18 heavy (non-hydrogen) atoms. The van der Waals surface area contributed by atoms with Crippen molar-refractivity contribution in [2.75, 3.05) is 13.7 Å². The standard InChI is InChI=1S/C15H22O3/c1-17-15-9-7-14(8-10-15)13-18-12-6-4-2-3-5-11-16/h7-11H,2-6,12-13H2,1H3. The summed E-state index contributed by atoms with van der Waals surface area (Å²) in [5.41, 5.74) is 1.16. The number of hydrogen-bond donors (Lipinski definition) is 0. The minimum Gasteiger partial charge on any atom is -0.497 e. The Balaban J connectivity index is 2.01. The zero-order valence-corrected chi connectivity index (χ0v) is 11.1. The first kappa shape index (κ1) is 14.7. The van der Waals surface area contributed by atoms with Crippen LogP contribution in [0.5, 0.6) is 5.75 Å². The number of unbranched alkanes of at least 4 members (excludes halogenated alkanes) is 4. The summed E-state index contributed by atoms with van der Waals surface area (Å²) >= 11 is 0. The average Bonchev–Trinajstić information content (AvgIpc) is 2.42.